The molecule has 23 heavy (non-hydrogen) atoms. The van der Waals surface area contributed by atoms with E-state index in [1.54, 1.807) is 0 Å². The van der Waals surface area contributed by atoms with Crippen molar-refractivity contribution in [1.82, 2.24) is 0 Å². The normalized spacial score (nSPS) is 11.7. The zero-order chi connectivity index (χ0) is 16.5. The van der Waals surface area contributed by atoms with E-state index >= 15 is 0 Å². The lowest BCUT2D eigenvalue weighted by Gasteiger charge is -2.12. The molecule has 0 unspecified atom stereocenters. The van der Waals surface area contributed by atoms with Crippen LogP contribution >= 0.6 is 11.8 Å². The molecule has 4 nitrogen and oxygen atoms in total. The molecule has 0 bridgehead atoms. The van der Waals surface area contributed by atoms with Crippen molar-refractivity contribution in [3.8, 4) is 5.75 Å². The number of thioether (sulfide) groups is 1. The van der Waals surface area contributed by atoms with E-state index in [0.717, 1.165) is 17.0 Å². The van der Waals surface area contributed by atoms with Crippen LogP contribution in [0, 0.1) is 0 Å². The van der Waals surface area contributed by atoms with Gasteiger partial charge in [0.15, 0.2) is 0 Å². The van der Waals surface area contributed by atoms with E-state index in [1.807, 2.05) is 61.5 Å². The number of hydrogen-bond donors (Lipinski definition) is 2. The van der Waals surface area contributed by atoms with Crippen molar-refractivity contribution in [2.75, 3.05) is 17.7 Å². The smallest absolute Gasteiger partial charge is 0.237 e. The summed E-state index contributed by atoms with van der Waals surface area (Å²) in [7, 11) is 0. The van der Waals surface area contributed by atoms with Gasteiger partial charge in [0, 0.05) is 11.4 Å². The molecule has 122 valence electrons. The molecule has 0 heterocycles. The van der Waals surface area contributed by atoms with Gasteiger partial charge < -0.3 is 15.2 Å². The van der Waals surface area contributed by atoms with Gasteiger partial charge in [0.25, 0.3) is 0 Å². The molecule has 0 aliphatic carbocycles. The minimum absolute atomic E-state index is 0.0681. The molecule has 5 heteroatoms. The first kappa shape index (κ1) is 17.4. The summed E-state index contributed by atoms with van der Waals surface area (Å²) in [4.78, 5) is 12.0. The monoisotopic (exact) mass is 331 g/mol. The van der Waals surface area contributed by atoms with Crippen LogP contribution in [0.5, 0.6) is 5.75 Å². The van der Waals surface area contributed by atoms with Crippen LogP contribution in [0.25, 0.3) is 0 Å². The van der Waals surface area contributed by atoms with Crippen LogP contribution in [-0.2, 0) is 11.4 Å². The Bertz CT molecular complexity index is 601. The standard InChI is InChI=1S/C18H21NO3S/c1-14(23-12-11-20)18(21)19-16-7-9-17(10-8-16)22-13-15-5-3-2-4-6-15/h2-10,14,20H,11-13H2,1H3,(H,19,21)/t14-/m0/s1. The molecule has 2 aromatic rings. The first-order chi connectivity index (χ1) is 11.2. The quantitative estimate of drug-likeness (QED) is 0.779. The van der Waals surface area contributed by atoms with Gasteiger partial charge in [-0.25, -0.2) is 0 Å². The number of carbonyl (C=O) groups is 1. The number of amides is 1. The van der Waals surface area contributed by atoms with E-state index in [2.05, 4.69) is 5.32 Å². The Morgan fingerprint density at radius 2 is 1.87 bits per heavy atom. The lowest BCUT2D eigenvalue weighted by atomic mass is 10.2. The molecule has 0 aromatic heterocycles. The van der Waals surface area contributed by atoms with E-state index in [1.165, 1.54) is 11.8 Å². The third-order valence-corrected chi connectivity index (χ3v) is 4.33. The summed E-state index contributed by atoms with van der Waals surface area (Å²) < 4.78 is 5.71. The Morgan fingerprint density at radius 1 is 1.17 bits per heavy atom. The second-order valence-corrected chi connectivity index (χ2v) is 6.47. The molecule has 0 aliphatic heterocycles. The van der Waals surface area contributed by atoms with Gasteiger partial charge in [-0.05, 0) is 36.8 Å². The minimum Gasteiger partial charge on any atom is -0.489 e. The van der Waals surface area contributed by atoms with E-state index in [9.17, 15) is 4.79 Å². The van der Waals surface area contributed by atoms with Crippen molar-refractivity contribution >= 4 is 23.4 Å². The average Bonchev–Trinajstić information content (AvgIpc) is 2.60. The lowest BCUT2D eigenvalue weighted by Crippen LogP contribution is -2.23. The summed E-state index contributed by atoms with van der Waals surface area (Å²) in [6.07, 6.45) is 0. The van der Waals surface area contributed by atoms with Gasteiger partial charge in [-0.1, -0.05) is 30.3 Å². The van der Waals surface area contributed by atoms with E-state index in [4.69, 9.17) is 9.84 Å². The molecule has 0 saturated heterocycles. The molecular formula is C18H21NO3S. The zero-order valence-corrected chi connectivity index (χ0v) is 13.9. The number of carbonyl (C=O) groups excluding carboxylic acids is 1. The molecule has 2 aromatic carbocycles. The minimum atomic E-state index is -0.198. The first-order valence-corrected chi connectivity index (χ1v) is 8.54. The fraction of sp³-hybridized carbons (Fsp3) is 0.278. The van der Waals surface area contributed by atoms with E-state index in [-0.39, 0.29) is 17.8 Å². The van der Waals surface area contributed by atoms with E-state index < -0.39 is 0 Å². The molecule has 1 amide bonds. The third-order valence-electron chi connectivity index (χ3n) is 3.20. The number of aliphatic hydroxyl groups excluding tert-OH is 1. The van der Waals surface area contributed by atoms with Gasteiger partial charge in [0.05, 0.1) is 11.9 Å². The highest BCUT2D eigenvalue weighted by Gasteiger charge is 2.12. The van der Waals surface area contributed by atoms with Gasteiger partial charge in [-0.15, -0.1) is 11.8 Å². The second kappa shape index (κ2) is 9.22. The van der Waals surface area contributed by atoms with Gasteiger partial charge in [-0.3, -0.25) is 4.79 Å². The van der Waals surface area contributed by atoms with Gasteiger partial charge in [-0.2, -0.15) is 0 Å². The number of ether oxygens (including phenoxy) is 1. The van der Waals surface area contributed by atoms with Crippen molar-refractivity contribution in [3.63, 3.8) is 0 Å². The molecule has 0 saturated carbocycles. The van der Waals surface area contributed by atoms with Crippen molar-refractivity contribution in [2.45, 2.75) is 18.8 Å². The Labute approximate surface area is 140 Å². The number of rotatable bonds is 8. The Morgan fingerprint density at radius 3 is 2.52 bits per heavy atom. The molecule has 1 atom stereocenters. The fourth-order valence-corrected chi connectivity index (χ4v) is 2.59. The van der Waals surface area contributed by atoms with Crippen LogP contribution < -0.4 is 10.1 Å². The summed E-state index contributed by atoms with van der Waals surface area (Å²) in [6.45, 7) is 2.42. The van der Waals surface area contributed by atoms with Crippen LogP contribution in [0.4, 0.5) is 5.69 Å². The first-order valence-electron chi connectivity index (χ1n) is 7.49. The SMILES string of the molecule is C[C@H](SCCO)C(=O)Nc1ccc(OCc2ccccc2)cc1. The molecule has 0 aliphatic rings. The van der Waals surface area contributed by atoms with Gasteiger partial charge >= 0.3 is 0 Å². The summed E-state index contributed by atoms with van der Waals surface area (Å²) >= 11 is 1.43. The zero-order valence-electron chi connectivity index (χ0n) is 13.1. The maximum absolute atomic E-state index is 12.0. The Kier molecular flexibility index (Phi) is 6.97. The third kappa shape index (κ3) is 5.96. The van der Waals surface area contributed by atoms with Gasteiger partial charge in [0.1, 0.15) is 12.4 Å². The number of nitrogens with one attached hydrogen (secondary N) is 1. The summed E-state index contributed by atoms with van der Waals surface area (Å²) in [5.74, 6) is 1.25. The Balaban J connectivity index is 1.83. The average molecular weight is 331 g/mol. The van der Waals surface area contributed by atoms with E-state index in [0.29, 0.717) is 12.4 Å². The predicted octanol–water partition coefficient (Wildman–Crippen LogP) is 3.32. The number of anilines is 1. The van der Waals surface area contributed by atoms with Crippen molar-refractivity contribution in [2.24, 2.45) is 0 Å². The maximum Gasteiger partial charge on any atom is 0.237 e. The van der Waals surface area contributed by atoms with Crippen molar-refractivity contribution < 1.29 is 14.6 Å². The Hall–Kier alpha value is -1.98. The molecule has 0 fully saturated rings. The van der Waals surface area contributed by atoms with Gasteiger partial charge in [0.2, 0.25) is 5.91 Å². The fourth-order valence-electron chi connectivity index (χ4n) is 1.92. The lowest BCUT2D eigenvalue weighted by molar-refractivity contribution is -0.115. The van der Waals surface area contributed by atoms with Crippen LogP contribution in [0.2, 0.25) is 0 Å². The molecular weight excluding hydrogens is 310 g/mol. The van der Waals surface area contributed by atoms with Crippen LogP contribution in [-0.4, -0.2) is 28.6 Å². The van der Waals surface area contributed by atoms with Crippen LogP contribution in [0.1, 0.15) is 12.5 Å². The molecule has 0 spiro atoms. The topological polar surface area (TPSA) is 58.6 Å². The molecule has 0 radical (unpaired) electrons. The second-order valence-electron chi connectivity index (χ2n) is 5.02. The summed E-state index contributed by atoms with van der Waals surface area (Å²) in [6, 6.07) is 17.3. The summed E-state index contributed by atoms with van der Waals surface area (Å²) in [5.41, 5.74) is 1.85. The van der Waals surface area contributed by atoms with Crippen LogP contribution in [0.15, 0.2) is 54.6 Å². The summed E-state index contributed by atoms with van der Waals surface area (Å²) in [5, 5.41) is 11.4. The largest absolute Gasteiger partial charge is 0.489 e. The highest BCUT2D eigenvalue weighted by molar-refractivity contribution is 8.00. The number of aliphatic hydroxyl groups is 1. The molecule has 2 N–H and O–H groups in total. The van der Waals surface area contributed by atoms with Crippen molar-refractivity contribution in [3.05, 3.63) is 60.2 Å². The van der Waals surface area contributed by atoms with Crippen LogP contribution in [0.3, 0.4) is 0 Å². The maximum atomic E-state index is 12.0. The highest BCUT2D eigenvalue weighted by Crippen LogP contribution is 2.18. The van der Waals surface area contributed by atoms with Crippen molar-refractivity contribution in [1.29, 1.82) is 0 Å². The number of hydrogen-bond acceptors (Lipinski definition) is 4. The predicted molar refractivity (Wildman–Crippen MR) is 94.9 cm³/mol. The number of benzene rings is 2. The highest BCUT2D eigenvalue weighted by atomic mass is 32.2. The molecule has 2 rings (SSSR count).